The second-order valence-electron chi connectivity index (χ2n) is 8.13. The molecule has 7 heteroatoms. The molecule has 0 radical (unpaired) electrons. The highest BCUT2D eigenvalue weighted by atomic mass is 16.5. The SMILES string of the molecule is COc1cccc(/C=C2\Oc3c(CN(C)C)c(O)c(CN(C)C)c(C)c3C2=O)c1OC. The first kappa shape index (κ1) is 22.7. The van der Waals surface area contributed by atoms with Crippen molar-refractivity contribution in [3.63, 3.8) is 0 Å². The van der Waals surface area contributed by atoms with Crippen molar-refractivity contribution < 1.29 is 24.1 Å². The number of Topliss-reactive ketones (excluding diaryl/α,β-unsaturated/α-hetero) is 1. The minimum Gasteiger partial charge on any atom is -0.507 e. The van der Waals surface area contributed by atoms with Gasteiger partial charge in [-0.25, -0.2) is 0 Å². The summed E-state index contributed by atoms with van der Waals surface area (Å²) in [5.74, 6) is 1.65. The van der Waals surface area contributed by atoms with E-state index >= 15 is 0 Å². The second kappa shape index (κ2) is 8.99. The number of nitrogens with zero attached hydrogens (tertiary/aromatic N) is 2. The van der Waals surface area contributed by atoms with E-state index in [1.807, 2.05) is 57.0 Å². The molecule has 3 rings (SSSR count). The van der Waals surface area contributed by atoms with E-state index in [1.54, 1.807) is 26.4 Å². The Balaban J connectivity index is 2.17. The predicted octanol–water partition coefficient (Wildman–Crippen LogP) is 3.46. The Hall–Kier alpha value is -3.03. The summed E-state index contributed by atoms with van der Waals surface area (Å²) in [4.78, 5) is 17.3. The van der Waals surface area contributed by atoms with Gasteiger partial charge < -0.3 is 29.1 Å². The third kappa shape index (κ3) is 4.24. The molecular formula is C24H30N2O5. The molecule has 1 aliphatic heterocycles. The monoisotopic (exact) mass is 426 g/mol. The highest BCUT2D eigenvalue weighted by Crippen LogP contribution is 2.45. The smallest absolute Gasteiger partial charge is 0.232 e. The number of ether oxygens (including phenoxy) is 3. The molecule has 1 N–H and O–H groups in total. The van der Waals surface area contributed by atoms with Crippen molar-refractivity contribution in [3.8, 4) is 23.0 Å². The van der Waals surface area contributed by atoms with Gasteiger partial charge in [-0.15, -0.1) is 0 Å². The molecule has 166 valence electrons. The molecule has 0 amide bonds. The lowest BCUT2D eigenvalue weighted by molar-refractivity contribution is 0.101. The summed E-state index contributed by atoms with van der Waals surface area (Å²) >= 11 is 0. The van der Waals surface area contributed by atoms with Gasteiger partial charge in [-0.1, -0.05) is 12.1 Å². The highest BCUT2D eigenvalue weighted by Gasteiger charge is 2.35. The number of allylic oxidation sites excluding steroid dienone is 1. The zero-order chi connectivity index (χ0) is 22.9. The third-order valence-electron chi connectivity index (χ3n) is 5.23. The lowest BCUT2D eigenvalue weighted by atomic mass is 9.93. The summed E-state index contributed by atoms with van der Waals surface area (Å²) in [6, 6.07) is 5.44. The zero-order valence-electron chi connectivity index (χ0n) is 19.2. The summed E-state index contributed by atoms with van der Waals surface area (Å²) in [6.07, 6.45) is 1.66. The minimum atomic E-state index is -0.211. The molecule has 0 spiro atoms. The van der Waals surface area contributed by atoms with Gasteiger partial charge in [-0.3, -0.25) is 4.79 Å². The number of rotatable bonds is 7. The first-order chi connectivity index (χ1) is 14.7. The van der Waals surface area contributed by atoms with Crippen LogP contribution in [-0.4, -0.2) is 63.1 Å². The van der Waals surface area contributed by atoms with Crippen molar-refractivity contribution in [2.45, 2.75) is 20.0 Å². The average Bonchev–Trinajstić information content (AvgIpc) is 3.04. The molecule has 1 aliphatic rings. The first-order valence-electron chi connectivity index (χ1n) is 10.0. The number of carbonyl (C=O) groups is 1. The van der Waals surface area contributed by atoms with Gasteiger partial charge in [-0.2, -0.15) is 0 Å². The van der Waals surface area contributed by atoms with Crippen LogP contribution in [0.4, 0.5) is 0 Å². The maximum atomic E-state index is 13.4. The van der Waals surface area contributed by atoms with Crippen LogP contribution < -0.4 is 14.2 Å². The second-order valence-corrected chi connectivity index (χ2v) is 8.13. The van der Waals surface area contributed by atoms with Crippen LogP contribution in [0.5, 0.6) is 23.0 Å². The van der Waals surface area contributed by atoms with Crippen molar-refractivity contribution in [3.05, 3.63) is 51.8 Å². The van der Waals surface area contributed by atoms with Gasteiger partial charge in [0.05, 0.1) is 25.3 Å². The van der Waals surface area contributed by atoms with E-state index < -0.39 is 0 Å². The Morgan fingerprint density at radius 3 is 2.26 bits per heavy atom. The summed E-state index contributed by atoms with van der Waals surface area (Å²) in [5, 5.41) is 11.0. The maximum Gasteiger partial charge on any atom is 0.232 e. The highest BCUT2D eigenvalue weighted by molar-refractivity contribution is 6.16. The Morgan fingerprint density at radius 1 is 1.03 bits per heavy atom. The number of aromatic hydroxyl groups is 1. The molecule has 0 saturated carbocycles. The molecule has 0 bridgehead atoms. The van der Waals surface area contributed by atoms with Crippen molar-refractivity contribution in [2.24, 2.45) is 0 Å². The Morgan fingerprint density at radius 2 is 1.68 bits per heavy atom. The van der Waals surface area contributed by atoms with Crippen molar-refractivity contribution in [1.82, 2.24) is 9.80 Å². The average molecular weight is 427 g/mol. The van der Waals surface area contributed by atoms with E-state index in [0.717, 1.165) is 11.1 Å². The van der Waals surface area contributed by atoms with Crippen LogP contribution in [-0.2, 0) is 13.1 Å². The van der Waals surface area contributed by atoms with E-state index in [0.29, 0.717) is 47.0 Å². The Labute approximate surface area is 183 Å². The Kier molecular flexibility index (Phi) is 6.57. The van der Waals surface area contributed by atoms with E-state index in [1.165, 1.54) is 0 Å². The standard InChI is InChI=1S/C24H30N2O5/c1-14-16(12-25(2)3)21(27)17(13-26(4)5)24-20(14)22(28)19(31-24)11-15-9-8-10-18(29-6)23(15)30-7/h8-11,27H,12-13H2,1-7H3/b19-11-. The third-order valence-corrected chi connectivity index (χ3v) is 5.23. The molecule has 0 aliphatic carbocycles. The van der Waals surface area contributed by atoms with Crippen molar-refractivity contribution in [2.75, 3.05) is 42.4 Å². The summed E-state index contributed by atoms with van der Waals surface area (Å²) < 4.78 is 16.9. The molecule has 0 aromatic heterocycles. The fraction of sp³-hybridized carbons (Fsp3) is 0.375. The van der Waals surface area contributed by atoms with Gasteiger partial charge >= 0.3 is 0 Å². The van der Waals surface area contributed by atoms with Crippen LogP contribution >= 0.6 is 0 Å². The molecule has 0 atom stereocenters. The number of fused-ring (bicyclic) bond motifs is 1. The van der Waals surface area contributed by atoms with E-state index in [9.17, 15) is 9.90 Å². The van der Waals surface area contributed by atoms with Crippen LogP contribution in [0.2, 0.25) is 0 Å². The molecule has 2 aromatic carbocycles. The molecular weight excluding hydrogens is 396 g/mol. The largest absolute Gasteiger partial charge is 0.507 e. The number of hydrogen-bond donors (Lipinski definition) is 1. The number of carbonyl (C=O) groups excluding carboxylic acids is 1. The minimum absolute atomic E-state index is 0.173. The predicted molar refractivity (Wildman–Crippen MR) is 120 cm³/mol. The van der Waals surface area contributed by atoms with Crippen LogP contribution in [0.25, 0.3) is 6.08 Å². The van der Waals surface area contributed by atoms with Gasteiger partial charge in [0.15, 0.2) is 17.3 Å². The first-order valence-corrected chi connectivity index (χ1v) is 10.0. The number of phenols is 1. The lowest BCUT2D eigenvalue weighted by Gasteiger charge is -2.21. The Bertz CT molecular complexity index is 1040. The summed E-state index contributed by atoms with van der Waals surface area (Å²) in [7, 11) is 10.8. The number of phenolic OH excluding ortho intramolecular Hbond substituents is 1. The van der Waals surface area contributed by atoms with Crippen LogP contribution in [0.3, 0.4) is 0 Å². The van der Waals surface area contributed by atoms with Crippen LogP contribution in [0.15, 0.2) is 24.0 Å². The number of ketones is 1. The van der Waals surface area contributed by atoms with Crippen molar-refractivity contribution in [1.29, 1.82) is 0 Å². The topological polar surface area (TPSA) is 71.5 Å². The quantitative estimate of drug-likeness (QED) is 0.680. The molecule has 31 heavy (non-hydrogen) atoms. The van der Waals surface area contributed by atoms with E-state index in [2.05, 4.69) is 0 Å². The van der Waals surface area contributed by atoms with Gasteiger partial charge in [0.1, 0.15) is 11.5 Å². The van der Waals surface area contributed by atoms with Gasteiger partial charge in [0.2, 0.25) is 5.78 Å². The van der Waals surface area contributed by atoms with Gasteiger partial charge in [0, 0.05) is 24.2 Å². The number of hydrogen-bond acceptors (Lipinski definition) is 7. The summed E-state index contributed by atoms with van der Waals surface area (Å²) in [5.41, 5.74) is 3.24. The lowest BCUT2D eigenvalue weighted by Crippen LogP contribution is -2.16. The van der Waals surface area contributed by atoms with Crippen LogP contribution in [0, 0.1) is 6.92 Å². The van der Waals surface area contributed by atoms with E-state index in [4.69, 9.17) is 14.2 Å². The molecule has 2 aromatic rings. The van der Waals surface area contributed by atoms with Gasteiger partial charge in [0.25, 0.3) is 0 Å². The summed E-state index contributed by atoms with van der Waals surface area (Å²) in [6.45, 7) is 2.81. The fourth-order valence-electron chi connectivity index (χ4n) is 3.84. The molecule has 1 heterocycles. The fourth-order valence-corrected chi connectivity index (χ4v) is 3.84. The molecule has 0 saturated heterocycles. The number of para-hydroxylation sites is 1. The number of benzene rings is 2. The maximum absolute atomic E-state index is 13.4. The van der Waals surface area contributed by atoms with E-state index in [-0.39, 0.29) is 17.3 Å². The van der Waals surface area contributed by atoms with Crippen LogP contribution in [0.1, 0.15) is 32.6 Å². The number of methoxy groups -OCH3 is 2. The zero-order valence-corrected chi connectivity index (χ0v) is 19.2. The molecule has 7 nitrogen and oxygen atoms in total. The van der Waals surface area contributed by atoms with Crippen molar-refractivity contribution >= 4 is 11.9 Å². The molecule has 0 unspecified atom stereocenters. The molecule has 0 fully saturated rings. The van der Waals surface area contributed by atoms with Gasteiger partial charge in [-0.05, 0) is 52.8 Å². The normalized spacial score (nSPS) is 14.4.